The highest BCUT2D eigenvalue weighted by molar-refractivity contribution is 6.35. The summed E-state index contributed by atoms with van der Waals surface area (Å²) in [6.07, 6.45) is 3.05. The molecule has 0 aliphatic carbocycles. The first kappa shape index (κ1) is 14.9. The third-order valence-electron chi connectivity index (χ3n) is 3.66. The lowest BCUT2D eigenvalue weighted by Crippen LogP contribution is -2.48. The summed E-state index contributed by atoms with van der Waals surface area (Å²) in [7, 11) is 0. The van der Waals surface area contributed by atoms with Crippen molar-refractivity contribution in [3.05, 3.63) is 34.9 Å². The summed E-state index contributed by atoms with van der Waals surface area (Å²) in [5, 5.41) is 3.23. The fourth-order valence-corrected chi connectivity index (χ4v) is 2.63. The van der Waals surface area contributed by atoms with Gasteiger partial charge in [0, 0.05) is 24.2 Å². The first-order chi connectivity index (χ1) is 9.59. The van der Waals surface area contributed by atoms with E-state index in [0.29, 0.717) is 11.6 Å². The van der Waals surface area contributed by atoms with E-state index in [0.717, 1.165) is 24.8 Å². The van der Waals surface area contributed by atoms with Gasteiger partial charge in [-0.2, -0.15) is 0 Å². The van der Waals surface area contributed by atoms with Crippen molar-refractivity contribution in [2.75, 3.05) is 6.54 Å². The average Bonchev–Trinajstić information content (AvgIpc) is 2.46. The zero-order valence-electron chi connectivity index (χ0n) is 11.6. The number of carbonyl (C=O) groups excluding carboxylic acids is 2. The number of hydrogen-bond donors (Lipinski definition) is 1. The van der Waals surface area contributed by atoms with E-state index in [4.69, 9.17) is 11.6 Å². The van der Waals surface area contributed by atoms with Crippen LogP contribution in [0.4, 0.5) is 0 Å². The molecule has 1 aliphatic rings. The van der Waals surface area contributed by atoms with Crippen LogP contribution in [0.2, 0.25) is 5.02 Å². The number of benzene rings is 1. The fraction of sp³-hybridized carbons (Fsp3) is 0.467. The Hall–Kier alpha value is -1.55. The maximum absolute atomic E-state index is 12.1. The van der Waals surface area contributed by atoms with E-state index in [-0.39, 0.29) is 12.6 Å². The minimum atomic E-state index is -0.557. The van der Waals surface area contributed by atoms with Crippen LogP contribution in [0.15, 0.2) is 24.3 Å². The summed E-state index contributed by atoms with van der Waals surface area (Å²) in [4.78, 5) is 25.7. The van der Waals surface area contributed by atoms with Crippen LogP contribution < -0.4 is 5.32 Å². The highest BCUT2D eigenvalue weighted by atomic mass is 35.5. The van der Waals surface area contributed by atoms with E-state index in [1.54, 1.807) is 11.0 Å². The summed E-state index contributed by atoms with van der Waals surface area (Å²) in [6, 6.07) is 7.41. The van der Waals surface area contributed by atoms with E-state index in [9.17, 15) is 9.59 Å². The lowest BCUT2D eigenvalue weighted by molar-refractivity contribution is -0.148. The van der Waals surface area contributed by atoms with E-state index in [1.807, 2.05) is 25.1 Å². The molecule has 0 spiro atoms. The molecule has 1 unspecified atom stereocenters. The smallest absolute Gasteiger partial charge is 0.312 e. The predicted molar refractivity (Wildman–Crippen MR) is 78.3 cm³/mol. The Balaban J connectivity index is 1.91. The quantitative estimate of drug-likeness (QED) is 0.851. The maximum atomic E-state index is 12.1. The van der Waals surface area contributed by atoms with Crippen LogP contribution in [-0.4, -0.2) is 29.3 Å². The second kappa shape index (κ2) is 6.75. The number of carbonyl (C=O) groups is 2. The molecule has 2 rings (SSSR count). The van der Waals surface area contributed by atoms with E-state index in [1.165, 1.54) is 0 Å². The van der Waals surface area contributed by atoms with Gasteiger partial charge in [-0.1, -0.05) is 29.8 Å². The van der Waals surface area contributed by atoms with Gasteiger partial charge in [-0.15, -0.1) is 0 Å². The van der Waals surface area contributed by atoms with Crippen molar-refractivity contribution < 1.29 is 9.59 Å². The second-order valence-electron chi connectivity index (χ2n) is 5.12. The minimum absolute atomic E-state index is 0.141. The Morgan fingerprint density at radius 2 is 2.10 bits per heavy atom. The second-order valence-corrected chi connectivity index (χ2v) is 5.52. The number of nitrogens with one attached hydrogen (secondary N) is 1. The number of nitrogens with zero attached hydrogens (tertiary/aromatic N) is 1. The molecule has 5 heteroatoms. The van der Waals surface area contributed by atoms with Crippen molar-refractivity contribution in [1.82, 2.24) is 10.2 Å². The maximum Gasteiger partial charge on any atom is 0.312 e. The fourth-order valence-electron chi connectivity index (χ4n) is 2.42. The molecule has 2 amide bonds. The number of hydrogen-bond acceptors (Lipinski definition) is 2. The summed E-state index contributed by atoms with van der Waals surface area (Å²) in [5.41, 5.74) is 0.807. The Bertz CT molecular complexity index is 504. The molecule has 1 atom stereocenters. The molecule has 1 saturated heterocycles. The lowest BCUT2D eigenvalue weighted by atomic mass is 10.0. The number of piperidine rings is 1. The van der Waals surface area contributed by atoms with E-state index < -0.39 is 11.8 Å². The van der Waals surface area contributed by atoms with Crippen molar-refractivity contribution >= 4 is 23.4 Å². The molecule has 1 heterocycles. The molecule has 0 saturated carbocycles. The molecule has 0 bridgehead atoms. The highest BCUT2D eigenvalue weighted by Gasteiger charge is 2.27. The molecule has 0 aromatic heterocycles. The van der Waals surface area contributed by atoms with Crippen LogP contribution in [0.25, 0.3) is 0 Å². The molecule has 4 nitrogen and oxygen atoms in total. The van der Waals surface area contributed by atoms with Gasteiger partial charge in [0.15, 0.2) is 0 Å². The topological polar surface area (TPSA) is 49.4 Å². The number of amides is 2. The van der Waals surface area contributed by atoms with Gasteiger partial charge in [-0.25, -0.2) is 0 Å². The summed E-state index contributed by atoms with van der Waals surface area (Å²) in [6.45, 7) is 2.92. The minimum Gasteiger partial charge on any atom is -0.344 e. The highest BCUT2D eigenvalue weighted by Crippen LogP contribution is 2.17. The Labute approximate surface area is 124 Å². The largest absolute Gasteiger partial charge is 0.344 e. The van der Waals surface area contributed by atoms with Gasteiger partial charge in [-0.3, -0.25) is 9.59 Å². The van der Waals surface area contributed by atoms with Crippen LogP contribution in [0.3, 0.4) is 0 Å². The molecular formula is C15H19ClN2O2. The Morgan fingerprint density at radius 3 is 2.80 bits per heavy atom. The van der Waals surface area contributed by atoms with Gasteiger partial charge in [0.2, 0.25) is 0 Å². The molecule has 1 aromatic carbocycles. The third-order valence-corrected chi connectivity index (χ3v) is 4.02. The Morgan fingerprint density at radius 1 is 1.35 bits per heavy atom. The average molecular weight is 295 g/mol. The van der Waals surface area contributed by atoms with Gasteiger partial charge in [0.25, 0.3) is 0 Å². The molecule has 1 fully saturated rings. The van der Waals surface area contributed by atoms with Gasteiger partial charge >= 0.3 is 11.8 Å². The third kappa shape index (κ3) is 3.51. The van der Waals surface area contributed by atoms with Crippen molar-refractivity contribution in [2.45, 2.75) is 38.8 Å². The van der Waals surface area contributed by atoms with Crippen LogP contribution in [0.1, 0.15) is 31.7 Å². The SMILES string of the molecule is CC1CCCCN1C(=O)C(=O)NCc1ccccc1Cl. The van der Waals surface area contributed by atoms with Gasteiger partial charge in [0.05, 0.1) is 0 Å². The summed E-state index contributed by atoms with van der Waals surface area (Å²) < 4.78 is 0. The first-order valence-corrected chi connectivity index (χ1v) is 7.29. The molecule has 20 heavy (non-hydrogen) atoms. The molecular weight excluding hydrogens is 276 g/mol. The first-order valence-electron chi connectivity index (χ1n) is 6.92. The van der Waals surface area contributed by atoms with Gasteiger partial charge in [-0.05, 0) is 37.8 Å². The normalized spacial score (nSPS) is 18.7. The van der Waals surface area contributed by atoms with E-state index in [2.05, 4.69) is 5.32 Å². The van der Waals surface area contributed by atoms with Crippen molar-refractivity contribution in [3.63, 3.8) is 0 Å². The summed E-state index contributed by atoms with van der Waals surface area (Å²) >= 11 is 6.01. The van der Waals surface area contributed by atoms with Crippen LogP contribution in [0, 0.1) is 0 Å². The number of rotatable bonds is 2. The van der Waals surface area contributed by atoms with Crippen LogP contribution >= 0.6 is 11.6 Å². The van der Waals surface area contributed by atoms with E-state index >= 15 is 0 Å². The molecule has 0 radical (unpaired) electrons. The van der Waals surface area contributed by atoms with Gasteiger partial charge < -0.3 is 10.2 Å². The van der Waals surface area contributed by atoms with Crippen molar-refractivity contribution in [3.8, 4) is 0 Å². The van der Waals surface area contributed by atoms with Gasteiger partial charge in [0.1, 0.15) is 0 Å². The van der Waals surface area contributed by atoms with Crippen molar-refractivity contribution in [1.29, 1.82) is 0 Å². The molecule has 108 valence electrons. The standard InChI is InChI=1S/C15H19ClN2O2/c1-11-6-4-5-9-18(11)15(20)14(19)17-10-12-7-2-3-8-13(12)16/h2-3,7-8,11H,4-6,9-10H2,1H3,(H,17,19). The number of likely N-dealkylation sites (tertiary alicyclic amines) is 1. The summed E-state index contributed by atoms with van der Waals surface area (Å²) in [5.74, 6) is -0.997. The molecule has 1 aliphatic heterocycles. The Kier molecular flexibility index (Phi) is 5.01. The lowest BCUT2D eigenvalue weighted by Gasteiger charge is -2.32. The zero-order valence-corrected chi connectivity index (χ0v) is 12.3. The molecule has 1 aromatic rings. The molecule has 1 N–H and O–H groups in total. The monoisotopic (exact) mass is 294 g/mol. The van der Waals surface area contributed by atoms with Crippen LogP contribution in [0.5, 0.6) is 0 Å². The van der Waals surface area contributed by atoms with Crippen LogP contribution in [-0.2, 0) is 16.1 Å². The number of halogens is 1. The van der Waals surface area contributed by atoms with Crippen molar-refractivity contribution in [2.24, 2.45) is 0 Å². The predicted octanol–water partition coefficient (Wildman–Crippen LogP) is 2.36. The zero-order chi connectivity index (χ0) is 14.5.